The van der Waals surface area contributed by atoms with E-state index in [-0.39, 0.29) is 11.6 Å². The van der Waals surface area contributed by atoms with E-state index in [2.05, 4.69) is 25.6 Å². The van der Waals surface area contributed by atoms with Crippen molar-refractivity contribution >= 4 is 17.5 Å². The minimum Gasteiger partial charge on any atom is -0.486 e. The molecule has 1 amide bonds. The number of benzene rings is 1. The van der Waals surface area contributed by atoms with Crippen LogP contribution in [0.5, 0.6) is 11.5 Å². The lowest BCUT2D eigenvalue weighted by molar-refractivity contribution is 0.0946. The molecule has 4 rings (SSSR count). The topological polar surface area (TPSA) is 98.3 Å². The van der Waals surface area contributed by atoms with Gasteiger partial charge in [0.1, 0.15) is 18.9 Å². The number of amides is 1. The Balaban J connectivity index is 1.43. The molecule has 0 bridgehead atoms. The molecule has 136 valence electrons. The van der Waals surface area contributed by atoms with Gasteiger partial charge in [-0.25, -0.2) is 9.97 Å². The average molecular weight is 363 g/mol. The Labute approximate surface area is 155 Å². The molecule has 0 fully saturated rings. The van der Waals surface area contributed by atoms with Crippen LogP contribution < -0.4 is 20.1 Å². The lowest BCUT2D eigenvalue weighted by atomic mass is 10.2. The first-order valence-corrected chi connectivity index (χ1v) is 8.45. The van der Waals surface area contributed by atoms with Crippen molar-refractivity contribution in [1.82, 2.24) is 20.3 Å². The number of rotatable bonds is 5. The van der Waals surface area contributed by atoms with Gasteiger partial charge in [0.2, 0.25) is 5.95 Å². The Morgan fingerprint density at radius 2 is 1.96 bits per heavy atom. The minimum absolute atomic E-state index is 0.272. The van der Waals surface area contributed by atoms with E-state index in [4.69, 9.17) is 9.47 Å². The fourth-order valence-corrected chi connectivity index (χ4v) is 2.57. The number of hydrogen-bond acceptors (Lipinski definition) is 7. The van der Waals surface area contributed by atoms with Gasteiger partial charge in [0.05, 0.1) is 0 Å². The van der Waals surface area contributed by atoms with E-state index < -0.39 is 0 Å². The van der Waals surface area contributed by atoms with Gasteiger partial charge in [-0.15, -0.1) is 0 Å². The van der Waals surface area contributed by atoms with Crippen molar-refractivity contribution in [1.29, 1.82) is 0 Å². The maximum atomic E-state index is 12.3. The largest absolute Gasteiger partial charge is 0.486 e. The number of carbonyl (C=O) groups is 1. The summed E-state index contributed by atoms with van der Waals surface area (Å²) in [6, 6.07) is 10.7. The molecular formula is C19H17N5O3. The number of anilines is 2. The van der Waals surface area contributed by atoms with Crippen LogP contribution in [-0.4, -0.2) is 34.1 Å². The van der Waals surface area contributed by atoms with Crippen molar-refractivity contribution in [3.05, 3.63) is 66.2 Å². The summed E-state index contributed by atoms with van der Waals surface area (Å²) < 4.78 is 11.1. The van der Waals surface area contributed by atoms with E-state index in [1.165, 1.54) is 6.20 Å². The summed E-state index contributed by atoms with van der Waals surface area (Å²) in [4.78, 5) is 24.8. The highest BCUT2D eigenvalue weighted by molar-refractivity contribution is 5.92. The Morgan fingerprint density at radius 1 is 1.07 bits per heavy atom. The molecule has 0 aliphatic carbocycles. The molecule has 0 saturated carbocycles. The van der Waals surface area contributed by atoms with Gasteiger partial charge in [0.25, 0.3) is 5.91 Å². The van der Waals surface area contributed by atoms with Crippen LogP contribution in [0.4, 0.5) is 11.6 Å². The molecule has 0 unspecified atom stereocenters. The lowest BCUT2D eigenvalue weighted by Crippen LogP contribution is -2.24. The first kappa shape index (κ1) is 16.8. The number of nitrogens with zero attached hydrogens (tertiary/aromatic N) is 3. The van der Waals surface area contributed by atoms with Crippen LogP contribution in [-0.2, 0) is 6.54 Å². The summed E-state index contributed by atoms with van der Waals surface area (Å²) in [6.45, 7) is 1.43. The van der Waals surface area contributed by atoms with E-state index in [0.29, 0.717) is 37.2 Å². The zero-order valence-electron chi connectivity index (χ0n) is 14.4. The van der Waals surface area contributed by atoms with Gasteiger partial charge in [-0.2, -0.15) is 0 Å². The average Bonchev–Trinajstić information content (AvgIpc) is 2.73. The van der Waals surface area contributed by atoms with Crippen molar-refractivity contribution in [2.45, 2.75) is 6.54 Å². The zero-order chi connectivity index (χ0) is 18.5. The molecule has 0 spiro atoms. The van der Waals surface area contributed by atoms with Crippen molar-refractivity contribution in [2.24, 2.45) is 0 Å². The number of nitrogens with one attached hydrogen (secondary N) is 2. The second-order valence-corrected chi connectivity index (χ2v) is 5.79. The first-order valence-electron chi connectivity index (χ1n) is 8.45. The summed E-state index contributed by atoms with van der Waals surface area (Å²) in [5.41, 5.74) is 1.93. The maximum absolute atomic E-state index is 12.3. The van der Waals surface area contributed by atoms with Crippen molar-refractivity contribution < 1.29 is 14.3 Å². The second-order valence-electron chi connectivity index (χ2n) is 5.79. The van der Waals surface area contributed by atoms with Gasteiger partial charge in [0, 0.05) is 36.9 Å². The third kappa shape index (κ3) is 4.12. The summed E-state index contributed by atoms with van der Waals surface area (Å²) in [7, 11) is 0. The van der Waals surface area contributed by atoms with Gasteiger partial charge in [0.15, 0.2) is 11.5 Å². The molecule has 8 nitrogen and oxygen atoms in total. The quantitative estimate of drug-likeness (QED) is 0.718. The number of pyridine rings is 1. The normalized spacial score (nSPS) is 12.3. The lowest BCUT2D eigenvalue weighted by Gasteiger charge is -2.19. The van der Waals surface area contributed by atoms with E-state index in [0.717, 1.165) is 11.3 Å². The maximum Gasteiger partial charge on any atom is 0.270 e. The molecule has 2 N–H and O–H groups in total. The highest BCUT2D eigenvalue weighted by Crippen LogP contribution is 2.33. The molecule has 1 aliphatic heterocycles. The van der Waals surface area contributed by atoms with Crippen LogP contribution in [0.2, 0.25) is 0 Å². The van der Waals surface area contributed by atoms with Gasteiger partial charge >= 0.3 is 0 Å². The SMILES string of the molecule is O=C(NCc1cccnc1)c1ccnc(Nc2ccc3c(c2)OCCO3)n1. The molecule has 2 aromatic heterocycles. The van der Waals surface area contributed by atoms with Crippen LogP contribution in [0.1, 0.15) is 16.1 Å². The number of hydrogen-bond donors (Lipinski definition) is 2. The molecule has 0 saturated heterocycles. The predicted molar refractivity (Wildman–Crippen MR) is 98.2 cm³/mol. The van der Waals surface area contributed by atoms with E-state index >= 15 is 0 Å². The van der Waals surface area contributed by atoms with Crippen molar-refractivity contribution in [2.75, 3.05) is 18.5 Å². The predicted octanol–water partition coefficient (Wildman–Crippen LogP) is 2.32. The summed E-state index contributed by atoms with van der Waals surface area (Å²) in [5.74, 6) is 1.40. The molecule has 3 aromatic rings. The molecule has 3 heterocycles. The van der Waals surface area contributed by atoms with Gasteiger partial charge < -0.3 is 20.1 Å². The van der Waals surface area contributed by atoms with Gasteiger partial charge in [-0.3, -0.25) is 9.78 Å². The third-order valence-corrected chi connectivity index (χ3v) is 3.86. The Morgan fingerprint density at radius 3 is 2.81 bits per heavy atom. The standard InChI is InChI=1S/C19H17N5O3/c25-18(22-12-13-2-1-6-20-11-13)15-5-7-21-19(24-15)23-14-3-4-16-17(10-14)27-9-8-26-16/h1-7,10-11H,8-9,12H2,(H,22,25)(H,21,23,24). The fraction of sp³-hybridized carbons (Fsp3) is 0.158. The Hall–Kier alpha value is -3.68. The minimum atomic E-state index is -0.286. The van der Waals surface area contributed by atoms with E-state index in [1.807, 2.05) is 30.3 Å². The number of ether oxygens (including phenoxy) is 2. The van der Waals surface area contributed by atoms with Gasteiger partial charge in [-0.1, -0.05) is 6.07 Å². The molecule has 1 aliphatic rings. The smallest absolute Gasteiger partial charge is 0.270 e. The van der Waals surface area contributed by atoms with Crippen molar-refractivity contribution in [3.63, 3.8) is 0 Å². The molecule has 27 heavy (non-hydrogen) atoms. The number of carbonyl (C=O) groups excluding carboxylic acids is 1. The first-order chi connectivity index (χ1) is 13.3. The van der Waals surface area contributed by atoms with E-state index in [1.54, 1.807) is 18.5 Å². The van der Waals surface area contributed by atoms with Crippen LogP contribution in [0.15, 0.2) is 55.0 Å². The second kappa shape index (κ2) is 7.69. The molecular weight excluding hydrogens is 346 g/mol. The highest BCUT2D eigenvalue weighted by Gasteiger charge is 2.13. The summed E-state index contributed by atoms with van der Waals surface area (Å²) >= 11 is 0. The zero-order valence-corrected chi connectivity index (χ0v) is 14.4. The molecule has 1 aromatic carbocycles. The highest BCUT2D eigenvalue weighted by atomic mass is 16.6. The summed E-state index contributed by atoms with van der Waals surface area (Å²) in [6.07, 6.45) is 4.92. The van der Waals surface area contributed by atoms with Crippen LogP contribution in [0, 0.1) is 0 Å². The van der Waals surface area contributed by atoms with Crippen LogP contribution in [0.3, 0.4) is 0 Å². The van der Waals surface area contributed by atoms with Crippen LogP contribution in [0.25, 0.3) is 0 Å². The molecule has 8 heteroatoms. The summed E-state index contributed by atoms with van der Waals surface area (Å²) in [5, 5.41) is 5.89. The van der Waals surface area contributed by atoms with Crippen molar-refractivity contribution in [3.8, 4) is 11.5 Å². The number of aromatic nitrogens is 3. The number of fused-ring (bicyclic) bond motifs is 1. The Bertz CT molecular complexity index is 949. The monoisotopic (exact) mass is 363 g/mol. The molecule has 0 atom stereocenters. The van der Waals surface area contributed by atoms with E-state index in [9.17, 15) is 4.79 Å². The fourth-order valence-electron chi connectivity index (χ4n) is 2.57. The van der Waals surface area contributed by atoms with Gasteiger partial charge in [-0.05, 0) is 29.8 Å². The molecule has 0 radical (unpaired) electrons. The Kier molecular flexibility index (Phi) is 4.78. The van der Waals surface area contributed by atoms with Crippen LogP contribution >= 0.6 is 0 Å². The third-order valence-electron chi connectivity index (χ3n) is 3.86.